The molecule has 0 fully saturated rings. The Morgan fingerprint density at radius 1 is 1.25 bits per heavy atom. The van der Waals surface area contributed by atoms with Gasteiger partial charge in [0.2, 0.25) is 0 Å². The number of rotatable bonds is 1. The highest BCUT2D eigenvalue weighted by Crippen LogP contribution is 2.24. The second-order valence-corrected chi connectivity index (χ2v) is 4.02. The van der Waals surface area contributed by atoms with Crippen molar-refractivity contribution < 1.29 is 5.11 Å². The van der Waals surface area contributed by atoms with E-state index in [-0.39, 0.29) is 12.0 Å². The summed E-state index contributed by atoms with van der Waals surface area (Å²) in [5, 5.41) is 18.3. The number of hydrogen-bond acceptors (Lipinski definition) is 2. The fraction of sp³-hybridized carbons (Fsp3) is 0.214. The molecule has 2 heteroatoms. The second-order valence-electron chi connectivity index (χ2n) is 4.02. The highest BCUT2D eigenvalue weighted by molar-refractivity contribution is 5.75. The van der Waals surface area contributed by atoms with Crippen LogP contribution in [-0.2, 0) is 0 Å². The molecule has 2 nitrogen and oxygen atoms in total. The number of nitrogens with zero attached hydrogens (tertiary/aromatic N) is 1. The lowest BCUT2D eigenvalue weighted by Gasteiger charge is -2.18. The van der Waals surface area contributed by atoms with E-state index in [1.165, 1.54) is 0 Å². The molecule has 1 N–H and O–H groups in total. The first kappa shape index (κ1) is 10.7. The SMILES string of the molecule is C[C@@H]1C=C(c2ccc(C#N)cc2)C=CC1O. The van der Waals surface area contributed by atoms with Crippen molar-refractivity contribution in [1.29, 1.82) is 5.26 Å². The summed E-state index contributed by atoms with van der Waals surface area (Å²) in [7, 11) is 0. The van der Waals surface area contributed by atoms with Gasteiger partial charge in [-0.3, -0.25) is 0 Å². The van der Waals surface area contributed by atoms with Crippen LogP contribution in [0.3, 0.4) is 0 Å². The lowest BCUT2D eigenvalue weighted by Crippen LogP contribution is -2.15. The second kappa shape index (κ2) is 4.34. The quantitative estimate of drug-likeness (QED) is 0.775. The predicted molar refractivity (Wildman–Crippen MR) is 63.4 cm³/mol. The van der Waals surface area contributed by atoms with Gasteiger partial charge in [-0.25, -0.2) is 0 Å². The van der Waals surface area contributed by atoms with Crippen molar-refractivity contribution in [3.63, 3.8) is 0 Å². The van der Waals surface area contributed by atoms with E-state index in [1.54, 1.807) is 18.2 Å². The van der Waals surface area contributed by atoms with Gasteiger partial charge in [-0.15, -0.1) is 0 Å². The number of hydrogen-bond donors (Lipinski definition) is 1. The number of allylic oxidation sites excluding steroid dienone is 2. The Bertz CT molecular complexity index is 476. The van der Waals surface area contributed by atoms with Crippen molar-refractivity contribution in [1.82, 2.24) is 0 Å². The molecule has 0 bridgehead atoms. The van der Waals surface area contributed by atoms with Crippen LogP contribution < -0.4 is 0 Å². The third-order valence-electron chi connectivity index (χ3n) is 2.80. The summed E-state index contributed by atoms with van der Waals surface area (Å²) >= 11 is 0. The number of aliphatic hydroxyl groups excluding tert-OH is 1. The molecule has 0 saturated carbocycles. The molecular formula is C14H13NO. The van der Waals surface area contributed by atoms with Crippen molar-refractivity contribution in [3.8, 4) is 6.07 Å². The van der Waals surface area contributed by atoms with Gasteiger partial charge < -0.3 is 5.11 Å². The predicted octanol–water partition coefficient (Wildman–Crippen LogP) is 2.51. The van der Waals surface area contributed by atoms with E-state index in [1.807, 2.05) is 31.2 Å². The molecule has 0 spiro atoms. The summed E-state index contributed by atoms with van der Waals surface area (Å²) in [6.07, 6.45) is 5.39. The Morgan fingerprint density at radius 2 is 1.94 bits per heavy atom. The lowest BCUT2D eigenvalue weighted by molar-refractivity contribution is 0.184. The zero-order valence-corrected chi connectivity index (χ0v) is 9.09. The van der Waals surface area contributed by atoms with Gasteiger partial charge in [0.15, 0.2) is 0 Å². The molecule has 0 radical (unpaired) electrons. The molecule has 16 heavy (non-hydrogen) atoms. The summed E-state index contributed by atoms with van der Waals surface area (Å²) in [6, 6.07) is 9.57. The monoisotopic (exact) mass is 211 g/mol. The molecule has 1 aromatic rings. The topological polar surface area (TPSA) is 44.0 Å². The Kier molecular flexibility index (Phi) is 2.89. The van der Waals surface area contributed by atoms with Crippen LogP contribution in [0.25, 0.3) is 5.57 Å². The number of nitriles is 1. The first-order valence-corrected chi connectivity index (χ1v) is 5.29. The van der Waals surface area contributed by atoms with Gasteiger partial charge in [-0.1, -0.05) is 37.3 Å². The zero-order chi connectivity index (χ0) is 11.5. The van der Waals surface area contributed by atoms with Crippen molar-refractivity contribution in [3.05, 3.63) is 53.6 Å². The minimum Gasteiger partial charge on any atom is -0.388 e. The van der Waals surface area contributed by atoms with Gasteiger partial charge in [0.25, 0.3) is 0 Å². The molecule has 2 rings (SSSR count). The van der Waals surface area contributed by atoms with Crippen LogP contribution in [0.4, 0.5) is 0 Å². The third-order valence-corrected chi connectivity index (χ3v) is 2.80. The highest BCUT2D eigenvalue weighted by Gasteiger charge is 2.14. The Labute approximate surface area is 95.2 Å². The fourth-order valence-electron chi connectivity index (χ4n) is 1.74. The maximum absolute atomic E-state index is 9.55. The summed E-state index contributed by atoms with van der Waals surface area (Å²) in [6.45, 7) is 1.98. The van der Waals surface area contributed by atoms with Gasteiger partial charge in [-0.05, 0) is 23.3 Å². The molecule has 1 unspecified atom stereocenters. The third kappa shape index (κ3) is 2.05. The smallest absolute Gasteiger partial charge is 0.0991 e. The molecule has 0 aliphatic heterocycles. The molecule has 0 aromatic heterocycles. The lowest BCUT2D eigenvalue weighted by atomic mass is 9.91. The highest BCUT2D eigenvalue weighted by atomic mass is 16.3. The molecule has 0 amide bonds. The molecular weight excluding hydrogens is 198 g/mol. The maximum Gasteiger partial charge on any atom is 0.0991 e. The molecule has 0 heterocycles. The zero-order valence-electron chi connectivity index (χ0n) is 9.09. The molecule has 0 saturated heterocycles. The van der Waals surface area contributed by atoms with E-state index < -0.39 is 0 Å². The van der Waals surface area contributed by atoms with Crippen LogP contribution in [0.1, 0.15) is 18.1 Å². The van der Waals surface area contributed by atoms with E-state index in [4.69, 9.17) is 5.26 Å². The van der Waals surface area contributed by atoms with Gasteiger partial charge in [0, 0.05) is 5.92 Å². The maximum atomic E-state index is 9.55. The number of benzene rings is 1. The average molecular weight is 211 g/mol. The van der Waals surface area contributed by atoms with Crippen LogP contribution in [0.15, 0.2) is 42.5 Å². The number of aliphatic hydroxyl groups is 1. The van der Waals surface area contributed by atoms with Crippen molar-refractivity contribution in [2.45, 2.75) is 13.0 Å². The van der Waals surface area contributed by atoms with Crippen LogP contribution in [-0.4, -0.2) is 11.2 Å². The average Bonchev–Trinajstić information content (AvgIpc) is 2.33. The van der Waals surface area contributed by atoms with Crippen LogP contribution in [0, 0.1) is 17.2 Å². The fourth-order valence-corrected chi connectivity index (χ4v) is 1.74. The minimum atomic E-state index is -0.387. The van der Waals surface area contributed by atoms with Gasteiger partial charge in [0.1, 0.15) is 0 Å². The van der Waals surface area contributed by atoms with E-state index >= 15 is 0 Å². The molecule has 2 atom stereocenters. The summed E-state index contributed by atoms with van der Waals surface area (Å²) in [4.78, 5) is 0. The van der Waals surface area contributed by atoms with E-state index in [0.717, 1.165) is 11.1 Å². The van der Waals surface area contributed by atoms with E-state index in [2.05, 4.69) is 6.07 Å². The van der Waals surface area contributed by atoms with Gasteiger partial charge in [0.05, 0.1) is 17.7 Å². The van der Waals surface area contributed by atoms with Crippen LogP contribution >= 0.6 is 0 Å². The van der Waals surface area contributed by atoms with Gasteiger partial charge in [-0.2, -0.15) is 5.26 Å². The molecule has 1 aliphatic carbocycles. The summed E-state index contributed by atoms with van der Waals surface area (Å²) < 4.78 is 0. The summed E-state index contributed by atoms with van der Waals surface area (Å²) in [5.74, 6) is 0.135. The largest absolute Gasteiger partial charge is 0.388 e. The summed E-state index contributed by atoms with van der Waals surface area (Å²) in [5.41, 5.74) is 2.84. The van der Waals surface area contributed by atoms with Crippen molar-refractivity contribution >= 4 is 5.57 Å². The Hall–Kier alpha value is -1.85. The van der Waals surface area contributed by atoms with E-state index in [9.17, 15) is 5.11 Å². The normalized spacial score (nSPS) is 23.7. The Balaban J connectivity index is 2.29. The van der Waals surface area contributed by atoms with Crippen molar-refractivity contribution in [2.75, 3.05) is 0 Å². The first-order chi connectivity index (χ1) is 7.70. The standard InChI is InChI=1S/C14H13NO/c1-10-8-13(6-7-14(10)16)12-4-2-11(9-15)3-5-12/h2-8,10,14,16H,1H3/t10-,14?/m1/s1. The first-order valence-electron chi connectivity index (χ1n) is 5.29. The van der Waals surface area contributed by atoms with Crippen LogP contribution in [0.5, 0.6) is 0 Å². The van der Waals surface area contributed by atoms with Crippen molar-refractivity contribution in [2.24, 2.45) is 5.92 Å². The minimum absolute atomic E-state index is 0.135. The Morgan fingerprint density at radius 3 is 2.50 bits per heavy atom. The molecule has 1 aromatic carbocycles. The van der Waals surface area contributed by atoms with Gasteiger partial charge >= 0.3 is 0 Å². The molecule has 80 valence electrons. The van der Waals surface area contributed by atoms with E-state index in [0.29, 0.717) is 5.56 Å². The molecule has 1 aliphatic rings. The van der Waals surface area contributed by atoms with Crippen LogP contribution in [0.2, 0.25) is 0 Å².